The Bertz CT molecular complexity index is 763. The molecule has 0 aromatic heterocycles. The number of nitrogens with zero attached hydrogens (tertiary/aromatic N) is 1. The minimum absolute atomic E-state index is 0.0197. The van der Waals surface area contributed by atoms with E-state index in [1.165, 1.54) is 0 Å². The Balaban J connectivity index is 1.30. The fraction of sp³-hybridized carbons (Fsp3) is 0.636. The molecule has 27 heavy (non-hydrogen) atoms. The number of hydrogen-bond acceptors (Lipinski definition) is 3. The van der Waals surface area contributed by atoms with Crippen molar-refractivity contribution in [3.8, 4) is 0 Å². The standard InChI is InChI=1S/C22H28FNO3/c1-13(2)18-5-4-14(8-19(18)23)15-6-17(7-15)24(3)21(26)16-9-22(10-16)11-20(25)27-12-22/h4-5,8,13,15-17H,6-7,9-12H2,1-3H3. The predicted octanol–water partition coefficient (Wildman–Crippen LogP) is 4.00. The number of rotatable bonds is 4. The highest BCUT2D eigenvalue weighted by molar-refractivity contribution is 5.81. The molecule has 1 saturated heterocycles. The second-order valence-corrected chi connectivity index (χ2v) is 9.15. The van der Waals surface area contributed by atoms with Crippen LogP contribution in [-0.4, -0.2) is 36.5 Å². The van der Waals surface area contributed by atoms with Crippen LogP contribution >= 0.6 is 0 Å². The summed E-state index contributed by atoms with van der Waals surface area (Å²) in [6.45, 7) is 4.47. The third-order valence-corrected chi connectivity index (χ3v) is 6.89. The SMILES string of the molecule is CC(C)c1ccc(C2CC(N(C)C(=O)C3CC4(COC(=O)C4)C3)C2)cc1F. The molecule has 3 aliphatic rings. The first-order valence-corrected chi connectivity index (χ1v) is 10.00. The molecule has 0 bridgehead atoms. The van der Waals surface area contributed by atoms with Crippen LogP contribution < -0.4 is 0 Å². The van der Waals surface area contributed by atoms with Crippen molar-refractivity contribution in [3.05, 3.63) is 35.1 Å². The molecule has 0 N–H and O–H groups in total. The van der Waals surface area contributed by atoms with Gasteiger partial charge >= 0.3 is 5.97 Å². The van der Waals surface area contributed by atoms with E-state index in [-0.39, 0.29) is 41.0 Å². The van der Waals surface area contributed by atoms with Crippen molar-refractivity contribution < 1.29 is 18.7 Å². The summed E-state index contributed by atoms with van der Waals surface area (Å²) >= 11 is 0. The highest BCUT2D eigenvalue weighted by Crippen LogP contribution is 2.52. The second-order valence-electron chi connectivity index (χ2n) is 9.15. The lowest BCUT2D eigenvalue weighted by atomic mass is 9.61. The number of amides is 1. The molecule has 0 unspecified atom stereocenters. The monoisotopic (exact) mass is 373 g/mol. The molecule has 146 valence electrons. The van der Waals surface area contributed by atoms with Crippen LogP contribution in [0.5, 0.6) is 0 Å². The molecule has 4 rings (SSSR count). The lowest BCUT2D eigenvalue weighted by Crippen LogP contribution is -2.51. The fourth-order valence-corrected chi connectivity index (χ4v) is 4.97. The van der Waals surface area contributed by atoms with E-state index in [1.54, 1.807) is 6.07 Å². The van der Waals surface area contributed by atoms with Crippen LogP contribution in [0.4, 0.5) is 4.39 Å². The number of carbonyl (C=O) groups is 2. The van der Waals surface area contributed by atoms with Crippen molar-refractivity contribution in [2.75, 3.05) is 13.7 Å². The van der Waals surface area contributed by atoms with Gasteiger partial charge in [0.15, 0.2) is 0 Å². The van der Waals surface area contributed by atoms with Gasteiger partial charge < -0.3 is 9.64 Å². The lowest BCUT2D eigenvalue weighted by Gasteiger charge is -2.47. The molecule has 3 fully saturated rings. The number of halogens is 1. The Hall–Kier alpha value is -1.91. The quantitative estimate of drug-likeness (QED) is 0.750. The summed E-state index contributed by atoms with van der Waals surface area (Å²) in [5.41, 5.74) is 1.73. The molecule has 1 spiro atoms. The summed E-state index contributed by atoms with van der Waals surface area (Å²) in [5.74, 6) is 0.462. The smallest absolute Gasteiger partial charge is 0.306 e. The lowest BCUT2D eigenvalue weighted by molar-refractivity contribution is -0.146. The molecule has 0 atom stereocenters. The van der Waals surface area contributed by atoms with E-state index in [1.807, 2.05) is 37.9 Å². The van der Waals surface area contributed by atoms with Crippen LogP contribution in [0.3, 0.4) is 0 Å². The molecular formula is C22H28FNO3. The number of ether oxygens (including phenoxy) is 1. The number of hydrogen-bond donors (Lipinski definition) is 0. The maximum atomic E-state index is 14.2. The predicted molar refractivity (Wildman–Crippen MR) is 99.8 cm³/mol. The Labute approximate surface area is 160 Å². The van der Waals surface area contributed by atoms with Gasteiger partial charge in [-0.1, -0.05) is 26.0 Å². The highest BCUT2D eigenvalue weighted by Gasteiger charge is 2.53. The second kappa shape index (κ2) is 6.61. The van der Waals surface area contributed by atoms with Crippen LogP contribution in [-0.2, 0) is 14.3 Å². The van der Waals surface area contributed by atoms with E-state index in [2.05, 4.69) is 0 Å². The van der Waals surface area contributed by atoms with Crippen molar-refractivity contribution in [2.45, 2.75) is 63.8 Å². The first-order valence-electron chi connectivity index (χ1n) is 10.00. The topological polar surface area (TPSA) is 46.6 Å². The summed E-state index contributed by atoms with van der Waals surface area (Å²) in [4.78, 5) is 26.0. The summed E-state index contributed by atoms with van der Waals surface area (Å²) in [6, 6.07) is 5.84. The molecule has 5 heteroatoms. The average molecular weight is 373 g/mol. The summed E-state index contributed by atoms with van der Waals surface area (Å²) < 4.78 is 19.3. The minimum Gasteiger partial charge on any atom is -0.465 e. The van der Waals surface area contributed by atoms with Gasteiger partial charge in [-0.05, 0) is 54.7 Å². The molecule has 1 amide bonds. The van der Waals surface area contributed by atoms with Crippen molar-refractivity contribution in [1.29, 1.82) is 0 Å². The Morgan fingerprint density at radius 2 is 2.00 bits per heavy atom. The van der Waals surface area contributed by atoms with E-state index in [4.69, 9.17) is 4.74 Å². The van der Waals surface area contributed by atoms with Gasteiger partial charge in [0.2, 0.25) is 5.91 Å². The van der Waals surface area contributed by atoms with E-state index in [0.29, 0.717) is 18.9 Å². The zero-order valence-corrected chi connectivity index (χ0v) is 16.3. The van der Waals surface area contributed by atoms with Gasteiger partial charge in [-0.3, -0.25) is 9.59 Å². The molecule has 1 aliphatic heterocycles. The maximum Gasteiger partial charge on any atom is 0.306 e. The van der Waals surface area contributed by atoms with Gasteiger partial charge in [-0.15, -0.1) is 0 Å². The van der Waals surface area contributed by atoms with Crippen LogP contribution in [0.15, 0.2) is 18.2 Å². The largest absolute Gasteiger partial charge is 0.465 e. The summed E-state index contributed by atoms with van der Waals surface area (Å²) in [6.07, 6.45) is 3.77. The molecule has 1 heterocycles. The molecule has 0 radical (unpaired) electrons. The van der Waals surface area contributed by atoms with Gasteiger partial charge in [0.1, 0.15) is 5.82 Å². The molecule has 1 aromatic carbocycles. The van der Waals surface area contributed by atoms with Crippen molar-refractivity contribution in [2.24, 2.45) is 11.3 Å². The van der Waals surface area contributed by atoms with Gasteiger partial charge in [-0.25, -0.2) is 4.39 Å². The summed E-state index contributed by atoms with van der Waals surface area (Å²) in [5, 5.41) is 0. The van der Waals surface area contributed by atoms with Gasteiger partial charge in [-0.2, -0.15) is 0 Å². The first-order chi connectivity index (χ1) is 12.8. The molecule has 4 nitrogen and oxygen atoms in total. The van der Waals surface area contributed by atoms with Crippen LogP contribution in [0.25, 0.3) is 0 Å². The van der Waals surface area contributed by atoms with Gasteiger partial charge in [0.05, 0.1) is 13.0 Å². The first kappa shape index (κ1) is 18.5. The van der Waals surface area contributed by atoms with E-state index in [9.17, 15) is 14.0 Å². The van der Waals surface area contributed by atoms with Crippen LogP contribution in [0.1, 0.15) is 68.9 Å². The molecular weight excluding hydrogens is 345 g/mol. The Kier molecular flexibility index (Phi) is 4.52. The zero-order valence-electron chi connectivity index (χ0n) is 16.3. The maximum absolute atomic E-state index is 14.2. The number of benzene rings is 1. The molecule has 2 aliphatic carbocycles. The van der Waals surface area contributed by atoms with Crippen LogP contribution in [0.2, 0.25) is 0 Å². The van der Waals surface area contributed by atoms with Crippen molar-refractivity contribution in [1.82, 2.24) is 4.90 Å². The van der Waals surface area contributed by atoms with Gasteiger partial charge in [0.25, 0.3) is 0 Å². The van der Waals surface area contributed by atoms with E-state index < -0.39 is 0 Å². The Morgan fingerprint density at radius 3 is 2.56 bits per heavy atom. The minimum atomic E-state index is -0.133. The van der Waals surface area contributed by atoms with Crippen molar-refractivity contribution >= 4 is 11.9 Å². The number of carbonyl (C=O) groups excluding carboxylic acids is 2. The molecule has 2 saturated carbocycles. The normalized spacial score (nSPS) is 32.2. The van der Waals surface area contributed by atoms with Crippen LogP contribution in [0, 0.1) is 17.2 Å². The number of esters is 1. The number of cyclic esters (lactones) is 1. The fourth-order valence-electron chi connectivity index (χ4n) is 4.97. The Morgan fingerprint density at radius 1 is 1.30 bits per heavy atom. The summed E-state index contributed by atoms with van der Waals surface area (Å²) in [7, 11) is 1.88. The van der Waals surface area contributed by atoms with Crippen molar-refractivity contribution in [3.63, 3.8) is 0 Å². The molecule has 1 aromatic rings. The van der Waals surface area contributed by atoms with E-state index in [0.717, 1.165) is 36.8 Å². The van der Waals surface area contributed by atoms with E-state index >= 15 is 0 Å². The van der Waals surface area contributed by atoms with Gasteiger partial charge in [0, 0.05) is 24.4 Å². The highest BCUT2D eigenvalue weighted by atomic mass is 19.1. The zero-order chi connectivity index (χ0) is 19.3. The third kappa shape index (κ3) is 3.26. The average Bonchev–Trinajstić information content (AvgIpc) is 2.93. The third-order valence-electron chi connectivity index (χ3n) is 6.89.